The summed E-state index contributed by atoms with van der Waals surface area (Å²) in [6.07, 6.45) is 1.56. The molecule has 0 saturated carbocycles. The molecule has 0 aliphatic heterocycles. The molecule has 0 amide bonds. The second-order valence-electron chi connectivity index (χ2n) is 6.71. The summed E-state index contributed by atoms with van der Waals surface area (Å²) in [6.45, 7) is 0. The zero-order chi connectivity index (χ0) is 24.1. The number of carboxylic acid groups (broad SMARTS) is 1. The molecule has 3 aromatic carbocycles. The molecule has 0 heterocycles. The Balaban J connectivity index is 1.98. The Morgan fingerprint density at radius 1 is 1.03 bits per heavy atom. The predicted molar refractivity (Wildman–Crippen MR) is 134 cm³/mol. The van der Waals surface area contributed by atoms with Crippen LogP contribution in [0.1, 0.15) is 31.8 Å². The monoisotopic (exact) mass is 565 g/mol. The minimum Gasteiger partial charge on any atom is -0.478 e. The fraction of sp³-hybridized carbons (Fsp3) is 0.0435. The summed E-state index contributed by atoms with van der Waals surface area (Å²) in [5.41, 5.74) is 1.43. The summed E-state index contributed by atoms with van der Waals surface area (Å²) in [4.78, 5) is 35.4. The van der Waals surface area contributed by atoms with Crippen molar-refractivity contribution in [2.75, 3.05) is 0 Å². The number of carbonyl (C=O) groups excluding carboxylic acids is 1. The van der Waals surface area contributed by atoms with E-state index in [1.807, 2.05) is 0 Å². The molecule has 6 nitrogen and oxygen atoms in total. The molecular formula is C23H14BrCl2NO5S. The van der Waals surface area contributed by atoms with Crippen molar-refractivity contribution in [2.45, 2.75) is 5.75 Å². The summed E-state index contributed by atoms with van der Waals surface area (Å²) >= 11 is 16.6. The number of halogens is 3. The Morgan fingerprint density at radius 2 is 1.70 bits per heavy atom. The van der Waals surface area contributed by atoms with Crippen molar-refractivity contribution in [3.63, 3.8) is 0 Å². The highest BCUT2D eigenvalue weighted by Gasteiger charge is 2.17. The predicted octanol–water partition coefficient (Wildman–Crippen LogP) is 7.52. The number of nitro benzene ring substituents is 1. The standard InChI is InChI=1S/C23H14BrCl2NO5S/c24-18-8-1-13(9-20(18)27(31)32)10-21(33-12-16-6-7-17(25)11-19(16)26)22(28)14-2-4-15(5-3-14)23(29)30/h1-11H,12H2,(H,29,30)/b21-10+. The van der Waals surface area contributed by atoms with Crippen LogP contribution in [0, 0.1) is 10.1 Å². The first kappa shape index (κ1) is 25.0. The van der Waals surface area contributed by atoms with E-state index in [9.17, 15) is 19.7 Å². The number of benzene rings is 3. The van der Waals surface area contributed by atoms with Crippen LogP contribution < -0.4 is 0 Å². The zero-order valence-electron chi connectivity index (χ0n) is 16.6. The van der Waals surface area contributed by atoms with E-state index in [4.69, 9.17) is 28.3 Å². The van der Waals surface area contributed by atoms with Crippen molar-refractivity contribution in [1.29, 1.82) is 0 Å². The van der Waals surface area contributed by atoms with Crippen LogP contribution in [-0.2, 0) is 5.75 Å². The average molecular weight is 567 g/mol. The Morgan fingerprint density at radius 3 is 2.30 bits per heavy atom. The van der Waals surface area contributed by atoms with Gasteiger partial charge >= 0.3 is 5.97 Å². The smallest absolute Gasteiger partial charge is 0.335 e. The Kier molecular flexibility index (Phi) is 8.31. The van der Waals surface area contributed by atoms with Crippen LogP contribution in [-0.4, -0.2) is 21.8 Å². The van der Waals surface area contributed by atoms with E-state index in [-0.39, 0.29) is 22.6 Å². The first-order chi connectivity index (χ1) is 15.7. The second-order valence-corrected chi connectivity index (χ2v) is 9.43. The molecule has 0 aliphatic carbocycles. The molecule has 1 N–H and O–H groups in total. The van der Waals surface area contributed by atoms with Crippen LogP contribution in [0.25, 0.3) is 6.08 Å². The molecule has 0 unspecified atom stereocenters. The van der Waals surface area contributed by atoms with Crippen molar-refractivity contribution >= 4 is 74.4 Å². The lowest BCUT2D eigenvalue weighted by Gasteiger charge is -2.09. The number of rotatable bonds is 8. The minimum atomic E-state index is -1.10. The highest BCUT2D eigenvalue weighted by Crippen LogP contribution is 2.33. The number of Topliss-reactive ketones (excluding diaryl/α,β-unsaturated/α-hetero) is 1. The Bertz CT molecular complexity index is 1280. The van der Waals surface area contributed by atoms with Gasteiger partial charge < -0.3 is 5.11 Å². The van der Waals surface area contributed by atoms with Crippen molar-refractivity contribution in [1.82, 2.24) is 0 Å². The second kappa shape index (κ2) is 11.0. The van der Waals surface area contributed by atoms with Crippen LogP contribution >= 0.6 is 50.9 Å². The van der Waals surface area contributed by atoms with Crippen LogP contribution in [0.3, 0.4) is 0 Å². The lowest BCUT2D eigenvalue weighted by atomic mass is 10.1. The molecule has 0 radical (unpaired) electrons. The molecule has 0 aromatic heterocycles. The number of thioether (sulfide) groups is 1. The van der Waals surface area contributed by atoms with Crippen LogP contribution in [0.4, 0.5) is 5.69 Å². The van der Waals surface area contributed by atoms with Gasteiger partial charge in [0.1, 0.15) is 0 Å². The molecule has 10 heteroatoms. The summed E-state index contributed by atoms with van der Waals surface area (Å²) < 4.78 is 0.322. The number of hydrogen-bond donors (Lipinski definition) is 1. The summed E-state index contributed by atoms with van der Waals surface area (Å²) in [6, 6.07) is 15.1. The van der Waals surface area contributed by atoms with Crippen LogP contribution in [0.15, 0.2) is 70.0 Å². The Hall–Kier alpha value is -2.65. The van der Waals surface area contributed by atoms with Crippen molar-refractivity contribution in [3.05, 3.63) is 112 Å². The highest BCUT2D eigenvalue weighted by atomic mass is 79.9. The van der Waals surface area contributed by atoms with Gasteiger partial charge in [0.05, 0.1) is 19.9 Å². The highest BCUT2D eigenvalue weighted by molar-refractivity contribution is 9.10. The van der Waals surface area contributed by atoms with E-state index >= 15 is 0 Å². The summed E-state index contributed by atoms with van der Waals surface area (Å²) in [5.74, 6) is -1.11. The maximum atomic E-state index is 13.2. The van der Waals surface area contributed by atoms with Gasteiger partial charge in [0.2, 0.25) is 0 Å². The lowest BCUT2D eigenvalue weighted by Crippen LogP contribution is -2.03. The zero-order valence-corrected chi connectivity index (χ0v) is 20.5. The normalized spacial score (nSPS) is 11.3. The maximum Gasteiger partial charge on any atom is 0.335 e. The van der Waals surface area contributed by atoms with Gasteiger partial charge in [-0.25, -0.2) is 4.79 Å². The minimum absolute atomic E-state index is 0.0567. The van der Waals surface area contributed by atoms with E-state index in [1.54, 1.807) is 30.3 Å². The molecule has 0 bridgehead atoms. The fourth-order valence-corrected chi connectivity index (χ4v) is 4.76. The third-order valence-electron chi connectivity index (χ3n) is 4.48. The third kappa shape index (κ3) is 6.45. The first-order valence-electron chi connectivity index (χ1n) is 9.26. The molecule has 3 rings (SSSR count). The van der Waals surface area contributed by atoms with Crippen LogP contribution in [0.2, 0.25) is 10.0 Å². The van der Waals surface area contributed by atoms with Gasteiger partial charge in [-0.1, -0.05) is 47.5 Å². The molecule has 0 spiro atoms. The number of allylic oxidation sites excluding steroid dienone is 1. The number of ketones is 1. The SMILES string of the molecule is O=C(O)c1ccc(C(=O)/C(=C\c2ccc(Br)c([N+](=O)[O-])c2)SCc2ccc(Cl)cc2Cl)cc1. The van der Waals surface area contributed by atoms with Gasteiger partial charge in [-0.2, -0.15) is 0 Å². The van der Waals surface area contributed by atoms with Crippen molar-refractivity contribution in [2.24, 2.45) is 0 Å². The van der Waals surface area contributed by atoms with Crippen molar-refractivity contribution in [3.8, 4) is 0 Å². The molecule has 0 atom stereocenters. The number of carboxylic acids is 1. The topological polar surface area (TPSA) is 97.5 Å². The molecule has 3 aromatic rings. The lowest BCUT2D eigenvalue weighted by molar-refractivity contribution is -0.385. The van der Waals surface area contributed by atoms with Gasteiger partial charge in [0, 0.05) is 27.4 Å². The number of hydrogen-bond acceptors (Lipinski definition) is 5. The molecule has 0 saturated heterocycles. The van der Waals surface area contributed by atoms with Gasteiger partial charge in [0.25, 0.3) is 5.69 Å². The molecule has 0 aliphatic rings. The van der Waals surface area contributed by atoms with Gasteiger partial charge in [-0.15, -0.1) is 11.8 Å². The number of nitrogens with zero attached hydrogens (tertiary/aromatic N) is 1. The molecular weight excluding hydrogens is 553 g/mol. The molecule has 33 heavy (non-hydrogen) atoms. The molecule has 0 fully saturated rings. The number of carbonyl (C=O) groups is 2. The Labute approximate surface area is 211 Å². The van der Waals surface area contributed by atoms with Crippen molar-refractivity contribution < 1.29 is 19.6 Å². The quantitative estimate of drug-likeness (QED) is 0.131. The molecule has 168 valence electrons. The van der Waals surface area contributed by atoms with E-state index in [2.05, 4.69) is 15.9 Å². The fourth-order valence-electron chi connectivity index (χ4n) is 2.78. The van der Waals surface area contributed by atoms with E-state index in [0.717, 1.165) is 5.56 Å². The summed E-state index contributed by atoms with van der Waals surface area (Å²) in [5, 5.41) is 21.3. The number of nitro groups is 1. The van der Waals surface area contributed by atoms with E-state index < -0.39 is 10.9 Å². The average Bonchev–Trinajstić information content (AvgIpc) is 2.78. The first-order valence-corrected chi connectivity index (χ1v) is 11.8. The maximum absolute atomic E-state index is 13.2. The third-order valence-corrected chi connectivity index (χ3v) is 6.81. The van der Waals surface area contributed by atoms with E-state index in [0.29, 0.717) is 30.7 Å². The largest absolute Gasteiger partial charge is 0.478 e. The van der Waals surface area contributed by atoms with Gasteiger partial charge in [-0.3, -0.25) is 14.9 Å². The van der Waals surface area contributed by atoms with Gasteiger partial charge in [0.15, 0.2) is 5.78 Å². The summed E-state index contributed by atoms with van der Waals surface area (Å²) in [7, 11) is 0. The van der Waals surface area contributed by atoms with Crippen LogP contribution in [0.5, 0.6) is 0 Å². The number of aromatic carboxylic acids is 1. The van der Waals surface area contributed by atoms with E-state index in [1.165, 1.54) is 48.2 Å². The van der Waals surface area contributed by atoms with Gasteiger partial charge in [-0.05, 0) is 63.5 Å².